The average Bonchev–Trinajstić information content (AvgIpc) is 2.39. The molecule has 0 saturated heterocycles. The smallest absolute Gasteiger partial charge is 0.170 e. The molecular weight excluding hydrogens is 290 g/mol. The summed E-state index contributed by atoms with van der Waals surface area (Å²) in [4.78, 5) is 2.83. The fourth-order valence-corrected chi connectivity index (χ4v) is 2.04. The summed E-state index contributed by atoms with van der Waals surface area (Å²) in [5, 5.41) is 3.66. The molecule has 0 N–H and O–H groups in total. The Kier molecular flexibility index (Phi) is 6.92. The van der Waals surface area contributed by atoms with Crippen molar-refractivity contribution in [2.75, 3.05) is 13.2 Å². The quantitative estimate of drug-likeness (QED) is 0.386. The van der Waals surface area contributed by atoms with Crippen molar-refractivity contribution < 1.29 is 9.47 Å². The highest BCUT2D eigenvalue weighted by atomic mass is 16.5. The van der Waals surface area contributed by atoms with Crippen LogP contribution in [0, 0.1) is 10.8 Å². The third kappa shape index (κ3) is 9.11. The Morgan fingerprint density at radius 1 is 1.13 bits per heavy atom. The van der Waals surface area contributed by atoms with Gasteiger partial charge in [0.25, 0.3) is 0 Å². The van der Waals surface area contributed by atoms with E-state index < -0.39 is 6.23 Å². The first kappa shape index (κ1) is 19.3. The number of nitrogens with zero attached hydrogens (tertiary/aromatic N) is 3. The molecule has 0 heterocycles. The van der Waals surface area contributed by atoms with E-state index in [9.17, 15) is 0 Å². The highest BCUT2D eigenvalue weighted by Gasteiger charge is 2.16. The Balaban J connectivity index is 2.63. The fraction of sp³-hybridized carbons (Fsp3) is 0.667. The van der Waals surface area contributed by atoms with Gasteiger partial charge in [-0.2, -0.15) is 0 Å². The van der Waals surface area contributed by atoms with Crippen LogP contribution in [0.2, 0.25) is 0 Å². The normalized spacial score (nSPS) is 13.3. The fourth-order valence-electron chi connectivity index (χ4n) is 2.04. The van der Waals surface area contributed by atoms with Crippen molar-refractivity contribution in [1.82, 2.24) is 0 Å². The van der Waals surface area contributed by atoms with Crippen LogP contribution in [0.1, 0.15) is 47.1 Å². The standard InChI is InChI=1S/C18H29N3O2/c1-17(2,3)11-14-8-7-9-15(10-14)22-12-16(20-21-19)23-13-18(4,5)6/h7-10,16H,11-13H2,1-6H3. The zero-order valence-electron chi connectivity index (χ0n) is 15.2. The molecule has 1 unspecified atom stereocenters. The Morgan fingerprint density at radius 2 is 1.83 bits per heavy atom. The zero-order chi connectivity index (χ0) is 17.5. The van der Waals surface area contributed by atoms with Crippen LogP contribution >= 0.6 is 0 Å². The summed E-state index contributed by atoms with van der Waals surface area (Å²) < 4.78 is 11.4. The van der Waals surface area contributed by atoms with Crippen LogP contribution in [0.5, 0.6) is 5.75 Å². The van der Waals surface area contributed by atoms with Crippen LogP contribution in [0.4, 0.5) is 0 Å². The zero-order valence-corrected chi connectivity index (χ0v) is 15.2. The SMILES string of the molecule is CC(C)(C)COC(COc1cccc(CC(C)(C)C)c1)N=[N+]=[N-]. The molecule has 1 aromatic rings. The first-order valence-electron chi connectivity index (χ1n) is 7.97. The number of ether oxygens (including phenoxy) is 2. The molecule has 5 nitrogen and oxygen atoms in total. The lowest BCUT2D eigenvalue weighted by Gasteiger charge is -2.22. The molecule has 1 atom stereocenters. The van der Waals surface area contributed by atoms with Gasteiger partial charge in [-0.1, -0.05) is 58.8 Å². The first-order chi connectivity index (χ1) is 10.6. The van der Waals surface area contributed by atoms with E-state index in [1.54, 1.807) is 0 Å². The molecule has 0 fully saturated rings. The van der Waals surface area contributed by atoms with Crippen molar-refractivity contribution in [3.05, 3.63) is 40.3 Å². The van der Waals surface area contributed by atoms with E-state index in [2.05, 4.69) is 57.6 Å². The molecule has 0 aliphatic rings. The Bertz CT molecular complexity index is 538. The number of rotatable bonds is 7. The minimum Gasteiger partial charge on any atom is -0.491 e. The highest BCUT2D eigenvalue weighted by Crippen LogP contribution is 2.23. The molecule has 128 valence electrons. The molecule has 0 saturated carbocycles. The van der Waals surface area contributed by atoms with Crippen molar-refractivity contribution in [2.45, 2.75) is 54.2 Å². The van der Waals surface area contributed by atoms with Crippen molar-refractivity contribution in [3.63, 3.8) is 0 Å². The summed E-state index contributed by atoms with van der Waals surface area (Å²) in [5.74, 6) is 0.768. The minimum atomic E-state index is -0.620. The van der Waals surface area contributed by atoms with Gasteiger partial charge < -0.3 is 9.47 Å². The minimum absolute atomic E-state index is 0.00977. The molecule has 1 aromatic carbocycles. The van der Waals surface area contributed by atoms with E-state index in [0.717, 1.165) is 12.2 Å². The van der Waals surface area contributed by atoms with Gasteiger partial charge in [0.2, 0.25) is 0 Å². The van der Waals surface area contributed by atoms with Crippen LogP contribution < -0.4 is 4.74 Å². The lowest BCUT2D eigenvalue weighted by Crippen LogP contribution is -2.25. The molecule has 0 amide bonds. The molecular formula is C18H29N3O2. The van der Waals surface area contributed by atoms with E-state index in [0.29, 0.717) is 6.61 Å². The van der Waals surface area contributed by atoms with E-state index in [1.807, 2.05) is 18.2 Å². The number of benzene rings is 1. The lowest BCUT2D eigenvalue weighted by atomic mass is 9.88. The van der Waals surface area contributed by atoms with Crippen LogP contribution in [0.25, 0.3) is 10.4 Å². The largest absolute Gasteiger partial charge is 0.491 e. The van der Waals surface area contributed by atoms with Gasteiger partial charge in [0.15, 0.2) is 6.23 Å². The van der Waals surface area contributed by atoms with Crippen molar-refractivity contribution in [1.29, 1.82) is 0 Å². The molecule has 1 rings (SSSR count). The summed E-state index contributed by atoms with van der Waals surface area (Å²) in [6.45, 7) is 13.5. The van der Waals surface area contributed by atoms with Crippen molar-refractivity contribution >= 4 is 0 Å². The van der Waals surface area contributed by atoms with Crippen molar-refractivity contribution in [2.24, 2.45) is 15.9 Å². The van der Waals surface area contributed by atoms with E-state index in [1.165, 1.54) is 5.56 Å². The van der Waals surface area contributed by atoms with Gasteiger partial charge in [-0.15, -0.1) is 0 Å². The van der Waals surface area contributed by atoms with Crippen molar-refractivity contribution in [3.8, 4) is 5.75 Å². The van der Waals surface area contributed by atoms with E-state index in [-0.39, 0.29) is 17.4 Å². The summed E-state index contributed by atoms with van der Waals surface area (Å²) >= 11 is 0. The predicted molar refractivity (Wildman–Crippen MR) is 93.4 cm³/mol. The Hall–Kier alpha value is -1.71. The van der Waals surface area contributed by atoms with Gasteiger partial charge in [-0.3, -0.25) is 0 Å². The second-order valence-electron chi connectivity index (χ2n) is 8.23. The maximum absolute atomic E-state index is 8.66. The van der Waals surface area contributed by atoms with E-state index in [4.69, 9.17) is 15.0 Å². The monoisotopic (exact) mass is 319 g/mol. The predicted octanol–water partition coefficient (Wildman–Crippen LogP) is 5.35. The lowest BCUT2D eigenvalue weighted by molar-refractivity contribution is -0.0107. The third-order valence-corrected chi connectivity index (χ3v) is 2.91. The molecule has 0 aliphatic heterocycles. The molecule has 23 heavy (non-hydrogen) atoms. The highest BCUT2D eigenvalue weighted by molar-refractivity contribution is 5.29. The van der Waals surface area contributed by atoms with Crippen LogP contribution in [-0.2, 0) is 11.2 Å². The summed E-state index contributed by atoms with van der Waals surface area (Å²) in [7, 11) is 0. The second-order valence-corrected chi connectivity index (χ2v) is 8.23. The van der Waals surface area contributed by atoms with Gasteiger partial charge in [-0.25, -0.2) is 0 Å². The van der Waals surface area contributed by atoms with Gasteiger partial charge in [0, 0.05) is 4.91 Å². The summed E-state index contributed by atoms with van der Waals surface area (Å²) in [5.41, 5.74) is 10.1. The number of hydrogen-bond acceptors (Lipinski definition) is 3. The summed E-state index contributed by atoms with van der Waals surface area (Å²) in [6, 6.07) is 8.01. The van der Waals surface area contributed by atoms with Crippen LogP contribution in [0.15, 0.2) is 29.4 Å². The third-order valence-electron chi connectivity index (χ3n) is 2.91. The maximum atomic E-state index is 8.66. The molecule has 0 aliphatic carbocycles. The molecule has 0 bridgehead atoms. The number of hydrogen-bond donors (Lipinski definition) is 0. The molecule has 5 heteroatoms. The van der Waals surface area contributed by atoms with Crippen LogP contribution in [0.3, 0.4) is 0 Å². The number of azide groups is 1. The maximum Gasteiger partial charge on any atom is 0.170 e. The summed E-state index contributed by atoms with van der Waals surface area (Å²) in [6.07, 6.45) is 0.357. The molecule has 0 aromatic heterocycles. The Morgan fingerprint density at radius 3 is 2.39 bits per heavy atom. The van der Waals surface area contributed by atoms with Gasteiger partial charge in [-0.05, 0) is 40.5 Å². The Labute approximate surface area is 139 Å². The van der Waals surface area contributed by atoms with E-state index >= 15 is 0 Å². The first-order valence-corrected chi connectivity index (χ1v) is 7.97. The topological polar surface area (TPSA) is 67.2 Å². The molecule has 0 radical (unpaired) electrons. The van der Waals surface area contributed by atoms with Gasteiger partial charge in [0.1, 0.15) is 12.4 Å². The van der Waals surface area contributed by atoms with Crippen LogP contribution in [-0.4, -0.2) is 19.4 Å². The average molecular weight is 319 g/mol. The second kappa shape index (κ2) is 8.23. The molecule has 0 spiro atoms. The van der Waals surface area contributed by atoms with Gasteiger partial charge >= 0.3 is 0 Å². The van der Waals surface area contributed by atoms with Gasteiger partial charge in [0.05, 0.1) is 6.61 Å².